The molecule has 2 heteroatoms. The molecule has 2 aromatic rings. The highest BCUT2D eigenvalue weighted by molar-refractivity contribution is 5.29. The SMILES string of the molecule is CCNC(Cc1ccc(C(C)(C)C)cc1)c1cccnc1. The monoisotopic (exact) mass is 282 g/mol. The molecule has 0 saturated carbocycles. The summed E-state index contributed by atoms with van der Waals surface area (Å²) in [4.78, 5) is 4.24. The summed E-state index contributed by atoms with van der Waals surface area (Å²) in [6.07, 6.45) is 4.77. The molecule has 1 heterocycles. The first-order chi connectivity index (χ1) is 10.0. The van der Waals surface area contributed by atoms with Crippen molar-refractivity contribution in [3.05, 3.63) is 65.5 Å². The maximum Gasteiger partial charge on any atom is 0.0376 e. The van der Waals surface area contributed by atoms with Gasteiger partial charge in [-0.15, -0.1) is 0 Å². The summed E-state index contributed by atoms with van der Waals surface area (Å²) in [5, 5.41) is 3.55. The molecule has 0 aliphatic heterocycles. The van der Waals surface area contributed by atoms with Crippen molar-refractivity contribution in [2.45, 2.75) is 45.6 Å². The Morgan fingerprint density at radius 3 is 2.33 bits per heavy atom. The van der Waals surface area contributed by atoms with Crippen LogP contribution in [-0.2, 0) is 11.8 Å². The molecule has 0 fully saturated rings. The van der Waals surface area contributed by atoms with E-state index in [0.717, 1.165) is 13.0 Å². The van der Waals surface area contributed by atoms with E-state index in [1.807, 2.05) is 18.5 Å². The van der Waals surface area contributed by atoms with Gasteiger partial charge in [-0.2, -0.15) is 0 Å². The van der Waals surface area contributed by atoms with Gasteiger partial charge in [-0.05, 0) is 41.1 Å². The van der Waals surface area contributed by atoms with Crippen molar-refractivity contribution in [1.82, 2.24) is 10.3 Å². The number of pyridine rings is 1. The van der Waals surface area contributed by atoms with Crippen LogP contribution in [0.1, 0.15) is 50.4 Å². The number of nitrogens with one attached hydrogen (secondary N) is 1. The summed E-state index contributed by atoms with van der Waals surface area (Å²) < 4.78 is 0. The van der Waals surface area contributed by atoms with Gasteiger partial charge in [0.2, 0.25) is 0 Å². The third kappa shape index (κ3) is 4.40. The van der Waals surface area contributed by atoms with Gasteiger partial charge in [-0.1, -0.05) is 58.0 Å². The quantitative estimate of drug-likeness (QED) is 0.885. The van der Waals surface area contributed by atoms with Crippen LogP contribution in [0.25, 0.3) is 0 Å². The van der Waals surface area contributed by atoms with E-state index in [0.29, 0.717) is 6.04 Å². The molecule has 112 valence electrons. The van der Waals surface area contributed by atoms with E-state index in [2.05, 4.69) is 68.3 Å². The normalized spacial score (nSPS) is 13.1. The van der Waals surface area contributed by atoms with Gasteiger partial charge in [0.1, 0.15) is 0 Å². The molecule has 1 unspecified atom stereocenters. The Balaban J connectivity index is 2.14. The highest BCUT2D eigenvalue weighted by Crippen LogP contribution is 2.24. The minimum Gasteiger partial charge on any atom is -0.310 e. The van der Waals surface area contributed by atoms with E-state index < -0.39 is 0 Å². The average Bonchev–Trinajstić information content (AvgIpc) is 2.47. The number of likely N-dealkylation sites (N-methyl/N-ethyl adjacent to an activating group) is 1. The lowest BCUT2D eigenvalue weighted by molar-refractivity contribution is 0.547. The molecule has 21 heavy (non-hydrogen) atoms. The van der Waals surface area contributed by atoms with Crippen molar-refractivity contribution in [3.63, 3.8) is 0 Å². The Bertz CT molecular complexity index is 538. The first kappa shape index (κ1) is 15.7. The van der Waals surface area contributed by atoms with E-state index in [4.69, 9.17) is 0 Å². The maximum atomic E-state index is 4.24. The molecule has 1 atom stereocenters. The number of benzene rings is 1. The topological polar surface area (TPSA) is 24.9 Å². The van der Waals surface area contributed by atoms with Gasteiger partial charge < -0.3 is 5.32 Å². The molecule has 1 N–H and O–H groups in total. The molecule has 0 spiro atoms. The lowest BCUT2D eigenvalue weighted by atomic mass is 9.86. The van der Waals surface area contributed by atoms with Crippen LogP contribution in [0.5, 0.6) is 0 Å². The Hall–Kier alpha value is -1.67. The van der Waals surface area contributed by atoms with Crippen molar-refractivity contribution in [2.24, 2.45) is 0 Å². The second-order valence-electron chi connectivity index (χ2n) is 6.55. The van der Waals surface area contributed by atoms with Crippen LogP contribution in [0, 0.1) is 0 Å². The average molecular weight is 282 g/mol. The van der Waals surface area contributed by atoms with Gasteiger partial charge in [-0.3, -0.25) is 4.98 Å². The Morgan fingerprint density at radius 2 is 1.81 bits per heavy atom. The van der Waals surface area contributed by atoms with Gasteiger partial charge in [0.05, 0.1) is 0 Å². The highest BCUT2D eigenvalue weighted by Gasteiger charge is 2.14. The van der Waals surface area contributed by atoms with Gasteiger partial charge in [0.15, 0.2) is 0 Å². The van der Waals surface area contributed by atoms with Crippen molar-refractivity contribution in [3.8, 4) is 0 Å². The van der Waals surface area contributed by atoms with Gasteiger partial charge in [0.25, 0.3) is 0 Å². The number of hydrogen-bond donors (Lipinski definition) is 1. The molecular weight excluding hydrogens is 256 g/mol. The fraction of sp³-hybridized carbons (Fsp3) is 0.421. The number of aromatic nitrogens is 1. The molecular formula is C19H26N2. The Morgan fingerprint density at radius 1 is 1.10 bits per heavy atom. The summed E-state index contributed by atoms with van der Waals surface area (Å²) in [5.74, 6) is 0. The second kappa shape index (κ2) is 6.86. The standard InChI is InChI=1S/C19H26N2/c1-5-21-18(16-7-6-12-20-14-16)13-15-8-10-17(11-9-15)19(2,3)4/h6-12,14,18,21H,5,13H2,1-4H3. The van der Waals surface area contributed by atoms with Crippen LogP contribution in [-0.4, -0.2) is 11.5 Å². The van der Waals surface area contributed by atoms with Crippen LogP contribution in [0.2, 0.25) is 0 Å². The van der Waals surface area contributed by atoms with E-state index in [1.165, 1.54) is 16.7 Å². The van der Waals surface area contributed by atoms with Crippen molar-refractivity contribution < 1.29 is 0 Å². The van der Waals surface area contributed by atoms with Crippen molar-refractivity contribution in [1.29, 1.82) is 0 Å². The second-order valence-corrected chi connectivity index (χ2v) is 6.55. The zero-order valence-corrected chi connectivity index (χ0v) is 13.6. The predicted octanol–water partition coefficient (Wildman–Crippen LogP) is 4.27. The summed E-state index contributed by atoms with van der Waals surface area (Å²) in [6.45, 7) is 9.85. The molecule has 0 amide bonds. The molecule has 1 aromatic heterocycles. The predicted molar refractivity (Wildman–Crippen MR) is 89.5 cm³/mol. The summed E-state index contributed by atoms with van der Waals surface area (Å²) >= 11 is 0. The fourth-order valence-corrected chi connectivity index (χ4v) is 2.51. The smallest absolute Gasteiger partial charge is 0.0376 e. The van der Waals surface area contributed by atoms with E-state index in [9.17, 15) is 0 Å². The first-order valence-electron chi connectivity index (χ1n) is 7.73. The third-order valence-electron chi connectivity index (χ3n) is 3.80. The van der Waals surface area contributed by atoms with E-state index in [1.54, 1.807) is 0 Å². The summed E-state index contributed by atoms with van der Waals surface area (Å²) in [7, 11) is 0. The molecule has 0 bridgehead atoms. The van der Waals surface area contributed by atoms with Gasteiger partial charge >= 0.3 is 0 Å². The zero-order valence-electron chi connectivity index (χ0n) is 13.6. The largest absolute Gasteiger partial charge is 0.310 e. The molecule has 0 aliphatic carbocycles. The Kier molecular flexibility index (Phi) is 5.13. The van der Waals surface area contributed by atoms with E-state index in [-0.39, 0.29) is 5.41 Å². The third-order valence-corrected chi connectivity index (χ3v) is 3.80. The molecule has 1 aromatic carbocycles. The number of hydrogen-bond acceptors (Lipinski definition) is 2. The van der Waals surface area contributed by atoms with Crippen molar-refractivity contribution in [2.75, 3.05) is 6.54 Å². The number of rotatable bonds is 5. The fourth-order valence-electron chi connectivity index (χ4n) is 2.51. The van der Waals surface area contributed by atoms with Crippen molar-refractivity contribution >= 4 is 0 Å². The summed E-state index contributed by atoms with van der Waals surface area (Å²) in [6, 6.07) is 13.5. The zero-order chi connectivity index (χ0) is 15.3. The van der Waals surface area contributed by atoms with Crippen LogP contribution < -0.4 is 5.32 Å². The highest BCUT2D eigenvalue weighted by atomic mass is 14.9. The minimum absolute atomic E-state index is 0.211. The molecule has 0 saturated heterocycles. The molecule has 2 nitrogen and oxygen atoms in total. The molecule has 0 radical (unpaired) electrons. The van der Waals surface area contributed by atoms with Crippen LogP contribution in [0.4, 0.5) is 0 Å². The van der Waals surface area contributed by atoms with Crippen LogP contribution in [0.15, 0.2) is 48.8 Å². The first-order valence-corrected chi connectivity index (χ1v) is 7.73. The minimum atomic E-state index is 0.211. The van der Waals surface area contributed by atoms with E-state index >= 15 is 0 Å². The molecule has 0 aliphatic rings. The maximum absolute atomic E-state index is 4.24. The van der Waals surface area contributed by atoms with Crippen LogP contribution in [0.3, 0.4) is 0 Å². The van der Waals surface area contributed by atoms with Gasteiger partial charge in [-0.25, -0.2) is 0 Å². The molecule has 2 rings (SSSR count). The lowest BCUT2D eigenvalue weighted by Gasteiger charge is -2.21. The van der Waals surface area contributed by atoms with Gasteiger partial charge in [0, 0.05) is 18.4 Å². The Labute approximate surface area is 128 Å². The van der Waals surface area contributed by atoms with Crippen LogP contribution >= 0.6 is 0 Å². The lowest BCUT2D eigenvalue weighted by Crippen LogP contribution is -2.23. The summed E-state index contributed by atoms with van der Waals surface area (Å²) in [5.41, 5.74) is 4.20. The number of nitrogens with zero attached hydrogens (tertiary/aromatic N) is 1.